The van der Waals surface area contributed by atoms with Crippen molar-refractivity contribution < 1.29 is 0 Å². The summed E-state index contributed by atoms with van der Waals surface area (Å²) in [6.07, 6.45) is 8.68. The van der Waals surface area contributed by atoms with Crippen molar-refractivity contribution in [3.63, 3.8) is 0 Å². The average molecular weight is 196 g/mol. The van der Waals surface area contributed by atoms with Crippen molar-refractivity contribution >= 4 is 0 Å². The molecule has 0 N–H and O–H groups in total. The van der Waals surface area contributed by atoms with Gasteiger partial charge in [0.05, 0.1) is 0 Å². The lowest BCUT2D eigenvalue weighted by atomic mass is 9.67. The Balaban J connectivity index is 2.41. The Kier molecular flexibility index (Phi) is 4.98. The fourth-order valence-corrected chi connectivity index (χ4v) is 3.28. The quantitative estimate of drug-likeness (QED) is 0.567. The van der Waals surface area contributed by atoms with Gasteiger partial charge >= 0.3 is 0 Å². The lowest BCUT2D eigenvalue weighted by Crippen LogP contribution is -2.29. The van der Waals surface area contributed by atoms with Crippen molar-refractivity contribution in [1.29, 1.82) is 0 Å². The van der Waals surface area contributed by atoms with E-state index in [2.05, 4.69) is 27.7 Å². The molecular formula is C14H28. The smallest absolute Gasteiger partial charge is 0.0363 e. The van der Waals surface area contributed by atoms with Crippen molar-refractivity contribution in [1.82, 2.24) is 0 Å². The van der Waals surface area contributed by atoms with Crippen molar-refractivity contribution in [3.05, 3.63) is 0 Å². The van der Waals surface area contributed by atoms with E-state index in [1.165, 1.54) is 38.5 Å². The molecule has 1 fully saturated rings. The number of hydrogen-bond donors (Lipinski definition) is 0. The van der Waals surface area contributed by atoms with Crippen molar-refractivity contribution in [2.45, 2.75) is 66.2 Å². The van der Waals surface area contributed by atoms with Gasteiger partial charge in [-0.25, -0.2) is 0 Å². The van der Waals surface area contributed by atoms with Crippen LogP contribution in [0.1, 0.15) is 66.2 Å². The van der Waals surface area contributed by atoms with E-state index in [1.54, 1.807) is 0 Å². The second kappa shape index (κ2) is 5.78. The molecule has 14 heavy (non-hydrogen) atoms. The molecule has 0 nitrogen and oxygen atoms in total. The lowest BCUT2D eigenvalue weighted by molar-refractivity contribution is 0.116. The molecule has 0 spiro atoms. The first-order valence-electron chi connectivity index (χ1n) is 6.70. The summed E-state index contributed by atoms with van der Waals surface area (Å²) in [5, 5.41) is 0. The molecule has 0 heterocycles. The van der Waals surface area contributed by atoms with Gasteiger partial charge in [-0.1, -0.05) is 66.2 Å². The van der Waals surface area contributed by atoms with Crippen LogP contribution in [0.15, 0.2) is 0 Å². The van der Waals surface area contributed by atoms with Crippen molar-refractivity contribution in [2.24, 2.45) is 23.7 Å². The van der Waals surface area contributed by atoms with Gasteiger partial charge in [-0.3, -0.25) is 0 Å². The van der Waals surface area contributed by atoms with E-state index >= 15 is 0 Å². The zero-order valence-corrected chi connectivity index (χ0v) is 10.6. The van der Waals surface area contributed by atoms with Gasteiger partial charge in [0.1, 0.15) is 0 Å². The molecule has 0 aromatic rings. The van der Waals surface area contributed by atoms with Crippen LogP contribution in [0.4, 0.5) is 0 Å². The van der Waals surface area contributed by atoms with E-state index in [9.17, 15) is 0 Å². The molecule has 0 saturated heterocycles. The SMILES string of the molecule is CCCC(C)C(CC)C(C)C1CCC1. The summed E-state index contributed by atoms with van der Waals surface area (Å²) in [5.41, 5.74) is 0. The predicted molar refractivity (Wildman–Crippen MR) is 64.4 cm³/mol. The third-order valence-corrected chi connectivity index (χ3v) is 4.52. The highest BCUT2D eigenvalue weighted by Crippen LogP contribution is 2.41. The summed E-state index contributed by atoms with van der Waals surface area (Å²) in [7, 11) is 0. The Morgan fingerprint density at radius 2 is 1.79 bits per heavy atom. The minimum Gasteiger partial charge on any atom is -0.0654 e. The van der Waals surface area contributed by atoms with Crippen LogP contribution in [0.2, 0.25) is 0 Å². The molecule has 0 aromatic carbocycles. The fraction of sp³-hybridized carbons (Fsp3) is 1.00. The van der Waals surface area contributed by atoms with E-state index < -0.39 is 0 Å². The Hall–Kier alpha value is 0. The molecule has 0 aliphatic heterocycles. The summed E-state index contributed by atoms with van der Waals surface area (Å²) < 4.78 is 0. The second-order valence-electron chi connectivity index (χ2n) is 5.39. The Bertz CT molecular complexity index is 146. The van der Waals surface area contributed by atoms with Gasteiger partial charge < -0.3 is 0 Å². The maximum atomic E-state index is 2.50. The fourth-order valence-electron chi connectivity index (χ4n) is 3.28. The van der Waals surface area contributed by atoms with Crippen LogP contribution in [0.3, 0.4) is 0 Å². The maximum Gasteiger partial charge on any atom is -0.0363 e. The standard InChI is InChI=1S/C14H28/c1-5-8-11(3)14(6-2)12(4)13-9-7-10-13/h11-14H,5-10H2,1-4H3. The average Bonchev–Trinajstić information content (AvgIpc) is 2.02. The molecule has 84 valence electrons. The molecule has 1 saturated carbocycles. The van der Waals surface area contributed by atoms with E-state index in [0.717, 1.165) is 23.7 Å². The number of hydrogen-bond acceptors (Lipinski definition) is 0. The molecule has 0 aromatic heterocycles. The van der Waals surface area contributed by atoms with E-state index in [4.69, 9.17) is 0 Å². The highest BCUT2D eigenvalue weighted by molar-refractivity contribution is 4.81. The maximum absolute atomic E-state index is 2.50. The second-order valence-corrected chi connectivity index (χ2v) is 5.39. The molecule has 3 atom stereocenters. The molecule has 0 heteroatoms. The lowest BCUT2D eigenvalue weighted by Gasteiger charge is -2.39. The van der Waals surface area contributed by atoms with Crippen LogP contribution in [-0.4, -0.2) is 0 Å². The minimum atomic E-state index is 0.945. The zero-order valence-electron chi connectivity index (χ0n) is 10.6. The molecule has 1 aliphatic carbocycles. The molecule has 0 bridgehead atoms. The Morgan fingerprint density at radius 3 is 2.14 bits per heavy atom. The molecular weight excluding hydrogens is 168 g/mol. The largest absolute Gasteiger partial charge is 0.0654 e. The van der Waals surface area contributed by atoms with Crippen LogP contribution in [-0.2, 0) is 0 Å². The monoisotopic (exact) mass is 196 g/mol. The van der Waals surface area contributed by atoms with Crippen molar-refractivity contribution in [3.8, 4) is 0 Å². The van der Waals surface area contributed by atoms with E-state index in [1.807, 2.05) is 0 Å². The minimum absolute atomic E-state index is 0.945. The first-order valence-corrected chi connectivity index (χ1v) is 6.70. The third kappa shape index (κ3) is 2.74. The van der Waals surface area contributed by atoms with E-state index in [-0.39, 0.29) is 0 Å². The van der Waals surface area contributed by atoms with Gasteiger partial charge in [0, 0.05) is 0 Å². The third-order valence-electron chi connectivity index (χ3n) is 4.52. The Labute approximate surface area is 90.5 Å². The van der Waals surface area contributed by atoms with Crippen LogP contribution in [0.5, 0.6) is 0 Å². The van der Waals surface area contributed by atoms with Crippen LogP contribution >= 0.6 is 0 Å². The highest BCUT2D eigenvalue weighted by atomic mass is 14.4. The summed E-state index contributed by atoms with van der Waals surface area (Å²) >= 11 is 0. The zero-order chi connectivity index (χ0) is 10.6. The van der Waals surface area contributed by atoms with Gasteiger partial charge in [-0.15, -0.1) is 0 Å². The van der Waals surface area contributed by atoms with Crippen LogP contribution in [0, 0.1) is 23.7 Å². The van der Waals surface area contributed by atoms with Crippen molar-refractivity contribution in [2.75, 3.05) is 0 Å². The topological polar surface area (TPSA) is 0 Å². The van der Waals surface area contributed by atoms with Crippen LogP contribution < -0.4 is 0 Å². The normalized spacial score (nSPS) is 24.0. The van der Waals surface area contributed by atoms with Gasteiger partial charge in [0.2, 0.25) is 0 Å². The highest BCUT2D eigenvalue weighted by Gasteiger charge is 2.31. The summed E-state index contributed by atoms with van der Waals surface area (Å²) in [6.45, 7) is 9.67. The number of rotatable bonds is 6. The van der Waals surface area contributed by atoms with Gasteiger partial charge in [0.25, 0.3) is 0 Å². The predicted octanol–water partition coefficient (Wildman–Crippen LogP) is 4.89. The summed E-state index contributed by atoms with van der Waals surface area (Å²) in [4.78, 5) is 0. The molecule has 0 radical (unpaired) electrons. The van der Waals surface area contributed by atoms with Gasteiger partial charge in [0.15, 0.2) is 0 Å². The molecule has 3 unspecified atom stereocenters. The summed E-state index contributed by atoms with van der Waals surface area (Å²) in [5.74, 6) is 3.98. The van der Waals surface area contributed by atoms with Gasteiger partial charge in [-0.05, 0) is 23.7 Å². The Morgan fingerprint density at radius 1 is 1.14 bits per heavy atom. The van der Waals surface area contributed by atoms with Gasteiger partial charge in [-0.2, -0.15) is 0 Å². The molecule has 1 rings (SSSR count). The first kappa shape index (κ1) is 12.1. The molecule has 0 amide bonds. The van der Waals surface area contributed by atoms with Crippen LogP contribution in [0.25, 0.3) is 0 Å². The van der Waals surface area contributed by atoms with E-state index in [0.29, 0.717) is 0 Å². The molecule has 1 aliphatic rings. The summed E-state index contributed by atoms with van der Waals surface area (Å²) in [6, 6.07) is 0. The first-order chi connectivity index (χ1) is 6.70.